The van der Waals surface area contributed by atoms with Crippen molar-refractivity contribution in [1.29, 1.82) is 0 Å². The van der Waals surface area contributed by atoms with E-state index in [0.717, 1.165) is 55.8 Å². The summed E-state index contributed by atoms with van der Waals surface area (Å²) in [5.74, 6) is -3.01. The fourth-order valence-corrected chi connectivity index (χ4v) is 5.23. The molecule has 0 saturated carbocycles. The molecule has 214 valence electrons. The summed E-state index contributed by atoms with van der Waals surface area (Å²) in [5.41, 5.74) is 3.68. The first kappa shape index (κ1) is 32.8. The second kappa shape index (κ2) is 12.9. The molecule has 0 atom stereocenters. The number of ketones is 2. The first-order chi connectivity index (χ1) is 17.5. The van der Waals surface area contributed by atoms with E-state index in [1.54, 1.807) is 0 Å². The minimum absolute atomic E-state index is 0. The molecular weight excluding hydrogens is 609 g/mol. The molecule has 0 unspecified atom stereocenters. The van der Waals surface area contributed by atoms with Crippen molar-refractivity contribution >= 4 is 46.5 Å². The molecule has 0 radical (unpaired) electrons. The SMILES string of the molecule is CC(C)c1ccc2c(c1)SC(=CC(=O)C(F)(F)F)N2.CC(C)c1ccc2c(c1)SC(=CC(=O)C(F)(F)F)N2.[Ni]. The zero-order chi connectivity index (χ0) is 28.4. The summed E-state index contributed by atoms with van der Waals surface area (Å²) in [6.07, 6.45) is -8.46. The predicted molar refractivity (Wildman–Crippen MR) is 138 cm³/mol. The van der Waals surface area contributed by atoms with Crippen LogP contribution < -0.4 is 10.6 Å². The average molecular weight is 633 g/mol. The van der Waals surface area contributed by atoms with Gasteiger partial charge in [0.25, 0.3) is 11.6 Å². The third-order valence-corrected chi connectivity index (χ3v) is 7.38. The smallest absolute Gasteiger partial charge is 0.349 e. The van der Waals surface area contributed by atoms with E-state index in [0.29, 0.717) is 24.0 Å². The molecule has 2 aromatic carbocycles. The Kier molecular flexibility index (Phi) is 10.8. The Labute approximate surface area is 240 Å². The van der Waals surface area contributed by atoms with Gasteiger partial charge in [-0.3, -0.25) is 9.59 Å². The number of alkyl halides is 6. The van der Waals surface area contributed by atoms with Gasteiger partial charge < -0.3 is 10.6 Å². The Hall–Kier alpha value is -2.37. The van der Waals surface area contributed by atoms with Crippen molar-refractivity contribution < 1.29 is 52.4 Å². The average Bonchev–Trinajstić information content (AvgIpc) is 3.39. The monoisotopic (exact) mass is 632 g/mol. The number of allylic oxidation sites excluding steroid dienone is 2. The van der Waals surface area contributed by atoms with E-state index in [1.807, 2.05) is 64.1 Å². The summed E-state index contributed by atoms with van der Waals surface area (Å²) in [6, 6.07) is 11.3. The number of thioether (sulfide) groups is 2. The normalized spacial score (nSPS) is 16.2. The van der Waals surface area contributed by atoms with Crippen LogP contribution in [-0.4, -0.2) is 23.9 Å². The van der Waals surface area contributed by atoms with E-state index < -0.39 is 23.9 Å². The van der Waals surface area contributed by atoms with E-state index in [9.17, 15) is 35.9 Å². The van der Waals surface area contributed by atoms with Crippen molar-refractivity contribution in [3.63, 3.8) is 0 Å². The zero-order valence-electron chi connectivity index (χ0n) is 21.0. The fourth-order valence-electron chi connectivity index (χ4n) is 3.26. The number of nitrogens with one attached hydrogen (secondary N) is 2. The van der Waals surface area contributed by atoms with E-state index in [2.05, 4.69) is 10.6 Å². The van der Waals surface area contributed by atoms with Crippen LogP contribution in [0.3, 0.4) is 0 Å². The number of carbonyl (C=O) groups excluding carboxylic acids is 2. The van der Waals surface area contributed by atoms with Crippen LogP contribution in [0.25, 0.3) is 0 Å². The molecule has 0 fully saturated rings. The first-order valence-corrected chi connectivity index (χ1v) is 13.0. The quantitative estimate of drug-likeness (QED) is 0.200. The standard InChI is InChI=1S/2C13H12F3NOS.Ni/c2*1-7(2)8-3-4-9-10(5-8)19-12(17-9)6-11(18)13(14,15)16;/h2*3-7,17H,1-2H3;. The number of benzene rings is 2. The molecule has 2 aliphatic heterocycles. The Bertz CT molecular complexity index is 1200. The molecule has 13 heteroatoms. The van der Waals surface area contributed by atoms with Crippen molar-refractivity contribution in [1.82, 2.24) is 0 Å². The van der Waals surface area contributed by atoms with E-state index in [-0.39, 0.29) is 26.5 Å². The van der Waals surface area contributed by atoms with Crippen LogP contribution in [0.5, 0.6) is 0 Å². The van der Waals surface area contributed by atoms with Crippen LogP contribution in [0.15, 0.2) is 68.4 Å². The number of carbonyl (C=O) groups is 2. The predicted octanol–water partition coefficient (Wildman–Crippen LogP) is 8.60. The molecule has 39 heavy (non-hydrogen) atoms. The molecule has 0 amide bonds. The van der Waals surface area contributed by atoms with Crippen molar-refractivity contribution in [3.8, 4) is 0 Å². The number of fused-ring (bicyclic) bond motifs is 2. The van der Waals surface area contributed by atoms with Crippen molar-refractivity contribution in [2.24, 2.45) is 0 Å². The van der Waals surface area contributed by atoms with Crippen LogP contribution in [0.4, 0.5) is 37.7 Å². The second-order valence-electron chi connectivity index (χ2n) is 9.02. The van der Waals surface area contributed by atoms with Gasteiger partial charge >= 0.3 is 12.4 Å². The van der Waals surface area contributed by atoms with Gasteiger partial charge in [0, 0.05) is 38.4 Å². The number of rotatable bonds is 4. The number of anilines is 2. The van der Waals surface area contributed by atoms with Crippen molar-refractivity contribution in [3.05, 3.63) is 69.7 Å². The van der Waals surface area contributed by atoms with Crippen LogP contribution in [0.1, 0.15) is 50.7 Å². The van der Waals surface area contributed by atoms with Crippen molar-refractivity contribution in [2.45, 2.75) is 61.7 Å². The Morgan fingerprint density at radius 2 is 1.03 bits per heavy atom. The van der Waals surface area contributed by atoms with Gasteiger partial charge in [-0.25, -0.2) is 0 Å². The molecule has 0 bridgehead atoms. The maximum Gasteiger partial charge on any atom is 0.454 e. The Balaban J connectivity index is 0.000000267. The molecule has 0 spiro atoms. The van der Waals surface area contributed by atoms with Gasteiger partial charge in [-0.05, 0) is 47.2 Å². The summed E-state index contributed by atoms with van der Waals surface area (Å²) in [7, 11) is 0. The topological polar surface area (TPSA) is 58.2 Å². The van der Waals surface area contributed by atoms with Gasteiger partial charge in [-0.2, -0.15) is 26.3 Å². The Morgan fingerprint density at radius 1 is 0.692 bits per heavy atom. The summed E-state index contributed by atoms with van der Waals surface area (Å²) in [5, 5.41) is 6.03. The molecule has 2 aromatic rings. The van der Waals surface area contributed by atoms with Crippen LogP contribution in [0, 0.1) is 0 Å². The van der Waals surface area contributed by atoms with Crippen LogP contribution in [0.2, 0.25) is 0 Å². The van der Waals surface area contributed by atoms with Gasteiger partial charge in [0.2, 0.25) is 0 Å². The summed E-state index contributed by atoms with van der Waals surface area (Å²) >= 11 is 2.28. The third kappa shape index (κ3) is 8.81. The molecule has 2 aliphatic rings. The minimum atomic E-state index is -4.83. The fraction of sp³-hybridized carbons (Fsp3) is 0.308. The molecule has 4 nitrogen and oxygen atoms in total. The maximum absolute atomic E-state index is 12.2. The number of hydrogen-bond donors (Lipinski definition) is 2. The molecule has 0 saturated heterocycles. The molecule has 4 rings (SSSR count). The Morgan fingerprint density at radius 3 is 1.31 bits per heavy atom. The summed E-state index contributed by atoms with van der Waals surface area (Å²) in [4.78, 5) is 23.5. The number of halogens is 6. The molecular formula is C26H24F6N2NiO2S2. The van der Waals surface area contributed by atoms with Gasteiger partial charge in [-0.1, -0.05) is 63.4 Å². The summed E-state index contributed by atoms with van der Waals surface area (Å²) < 4.78 is 73.0. The van der Waals surface area contributed by atoms with Gasteiger partial charge in [0.15, 0.2) is 0 Å². The van der Waals surface area contributed by atoms with Gasteiger partial charge in [-0.15, -0.1) is 0 Å². The third-order valence-electron chi connectivity index (χ3n) is 5.38. The van der Waals surface area contributed by atoms with E-state index in [4.69, 9.17) is 0 Å². The molecule has 0 aliphatic carbocycles. The molecule has 2 heterocycles. The largest absolute Gasteiger partial charge is 0.454 e. The van der Waals surface area contributed by atoms with Crippen molar-refractivity contribution in [2.75, 3.05) is 10.6 Å². The van der Waals surface area contributed by atoms with Crippen LogP contribution >= 0.6 is 23.5 Å². The maximum atomic E-state index is 12.2. The number of hydrogen-bond acceptors (Lipinski definition) is 6. The van der Waals surface area contributed by atoms with Gasteiger partial charge in [0.05, 0.1) is 21.4 Å². The summed E-state index contributed by atoms with van der Waals surface area (Å²) in [6.45, 7) is 8.16. The molecule has 0 aromatic heterocycles. The van der Waals surface area contributed by atoms with Crippen LogP contribution in [-0.2, 0) is 26.1 Å². The van der Waals surface area contributed by atoms with Gasteiger partial charge in [0.1, 0.15) is 0 Å². The van der Waals surface area contributed by atoms with E-state index >= 15 is 0 Å². The van der Waals surface area contributed by atoms with E-state index in [1.165, 1.54) is 0 Å². The zero-order valence-corrected chi connectivity index (χ0v) is 23.6. The minimum Gasteiger partial charge on any atom is -0.349 e. The second-order valence-corrected chi connectivity index (χ2v) is 11.2. The first-order valence-electron chi connectivity index (χ1n) is 11.4. The molecule has 2 N–H and O–H groups in total.